The van der Waals surface area contributed by atoms with E-state index in [1.165, 1.54) is 0 Å². The summed E-state index contributed by atoms with van der Waals surface area (Å²) in [7, 11) is 4.15. The Labute approximate surface area is 150 Å². The summed E-state index contributed by atoms with van der Waals surface area (Å²) in [6, 6.07) is 3.61. The largest absolute Gasteiger partial charge is 0.492 e. The summed E-state index contributed by atoms with van der Waals surface area (Å²) < 4.78 is 5.58. The molecular formula is C14H24Cl4N2O. The van der Waals surface area contributed by atoms with Crippen molar-refractivity contribution in [1.82, 2.24) is 10.2 Å². The van der Waals surface area contributed by atoms with Gasteiger partial charge in [0.15, 0.2) is 0 Å². The van der Waals surface area contributed by atoms with Gasteiger partial charge in [0, 0.05) is 17.1 Å². The second-order valence-electron chi connectivity index (χ2n) is 4.64. The normalized spacial score (nSPS) is 10.0. The molecule has 0 unspecified atom stereocenters. The van der Waals surface area contributed by atoms with Gasteiger partial charge in [-0.3, -0.25) is 0 Å². The lowest BCUT2D eigenvalue weighted by atomic mass is 10.2. The van der Waals surface area contributed by atoms with E-state index in [2.05, 4.69) is 24.3 Å². The quantitative estimate of drug-likeness (QED) is 0.684. The molecule has 0 aliphatic heterocycles. The second-order valence-corrected chi connectivity index (χ2v) is 5.49. The SMILES string of the molecule is CCOc1c(Cl)cc(Cl)cc1CNCCCN(C)C.Cl.Cl. The average Bonchev–Trinajstić information content (AvgIpc) is 2.32. The van der Waals surface area contributed by atoms with E-state index in [0.29, 0.717) is 23.2 Å². The highest BCUT2D eigenvalue weighted by Gasteiger charge is 2.10. The van der Waals surface area contributed by atoms with Crippen molar-refractivity contribution < 1.29 is 4.74 Å². The number of benzene rings is 1. The van der Waals surface area contributed by atoms with Gasteiger partial charge in [-0.15, -0.1) is 24.8 Å². The standard InChI is InChI=1S/C14H22Cl2N2O.2ClH/c1-4-19-14-11(8-12(15)9-13(14)16)10-17-6-5-7-18(2)3;;/h8-9,17H,4-7,10H2,1-3H3;2*1H. The molecule has 0 aliphatic rings. The molecule has 0 saturated carbocycles. The van der Waals surface area contributed by atoms with Gasteiger partial charge in [0.2, 0.25) is 0 Å². The van der Waals surface area contributed by atoms with Crippen molar-refractivity contribution in [3.63, 3.8) is 0 Å². The van der Waals surface area contributed by atoms with Gasteiger partial charge in [-0.1, -0.05) is 23.2 Å². The lowest BCUT2D eigenvalue weighted by Crippen LogP contribution is -2.21. The van der Waals surface area contributed by atoms with E-state index < -0.39 is 0 Å². The highest BCUT2D eigenvalue weighted by atomic mass is 35.5. The summed E-state index contributed by atoms with van der Waals surface area (Å²) in [5, 5.41) is 4.59. The molecule has 1 aromatic carbocycles. The number of hydrogen-bond donors (Lipinski definition) is 1. The Morgan fingerprint density at radius 1 is 1.19 bits per heavy atom. The van der Waals surface area contributed by atoms with E-state index in [-0.39, 0.29) is 24.8 Å². The number of hydrogen-bond acceptors (Lipinski definition) is 3. The molecule has 0 radical (unpaired) electrons. The summed E-state index contributed by atoms with van der Waals surface area (Å²) >= 11 is 12.2. The third-order valence-electron chi connectivity index (χ3n) is 2.65. The van der Waals surface area contributed by atoms with Crippen molar-refractivity contribution in [2.24, 2.45) is 0 Å². The highest BCUT2D eigenvalue weighted by molar-refractivity contribution is 6.35. The van der Waals surface area contributed by atoms with Crippen molar-refractivity contribution in [2.75, 3.05) is 33.8 Å². The fourth-order valence-corrected chi connectivity index (χ4v) is 2.38. The van der Waals surface area contributed by atoms with Gasteiger partial charge in [-0.05, 0) is 52.7 Å². The average molecular weight is 378 g/mol. The predicted octanol–water partition coefficient (Wildman–Crippen LogP) is 4.28. The summed E-state index contributed by atoms with van der Waals surface area (Å²) in [4.78, 5) is 2.17. The van der Waals surface area contributed by atoms with Crippen LogP contribution in [-0.4, -0.2) is 38.7 Å². The van der Waals surface area contributed by atoms with Gasteiger partial charge >= 0.3 is 0 Å². The van der Waals surface area contributed by atoms with Gasteiger partial charge < -0.3 is 15.0 Å². The molecule has 124 valence electrons. The van der Waals surface area contributed by atoms with Gasteiger partial charge in [-0.2, -0.15) is 0 Å². The Bertz CT molecular complexity index is 403. The minimum atomic E-state index is 0. The first-order chi connectivity index (χ1) is 9.04. The minimum absolute atomic E-state index is 0. The maximum absolute atomic E-state index is 6.15. The number of nitrogens with one attached hydrogen (secondary N) is 1. The molecule has 21 heavy (non-hydrogen) atoms. The lowest BCUT2D eigenvalue weighted by molar-refractivity contribution is 0.335. The number of nitrogens with zero attached hydrogens (tertiary/aromatic N) is 1. The van der Waals surface area contributed by atoms with Crippen molar-refractivity contribution in [3.8, 4) is 5.75 Å². The second kappa shape index (κ2) is 12.6. The fraction of sp³-hybridized carbons (Fsp3) is 0.571. The third-order valence-corrected chi connectivity index (χ3v) is 3.15. The Morgan fingerprint density at radius 2 is 1.86 bits per heavy atom. The van der Waals surface area contributed by atoms with Crippen LogP contribution in [0.1, 0.15) is 18.9 Å². The van der Waals surface area contributed by atoms with Crippen LogP contribution in [0.5, 0.6) is 5.75 Å². The van der Waals surface area contributed by atoms with Crippen LogP contribution in [0.2, 0.25) is 10.0 Å². The molecule has 0 heterocycles. The Morgan fingerprint density at radius 3 is 2.43 bits per heavy atom. The molecule has 0 bridgehead atoms. The van der Waals surface area contributed by atoms with Gasteiger partial charge in [0.1, 0.15) is 5.75 Å². The van der Waals surface area contributed by atoms with E-state index in [4.69, 9.17) is 27.9 Å². The van der Waals surface area contributed by atoms with E-state index in [1.807, 2.05) is 13.0 Å². The Hall–Kier alpha value is 0.1000. The molecule has 0 atom stereocenters. The van der Waals surface area contributed by atoms with Gasteiger partial charge in [0.25, 0.3) is 0 Å². The van der Waals surface area contributed by atoms with Crippen LogP contribution >= 0.6 is 48.0 Å². The van der Waals surface area contributed by atoms with Crippen molar-refractivity contribution >= 4 is 48.0 Å². The van der Waals surface area contributed by atoms with Gasteiger partial charge in [-0.25, -0.2) is 0 Å². The third kappa shape index (κ3) is 8.97. The Balaban J connectivity index is 0. The van der Waals surface area contributed by atoms with Crippen molar-refractivity contribution in [1.29, 1.82) is 0 Å². The summed E-state index contributed by atoms with van der Waals surface area (Å²) in [6.45, 7) is 5.27. The molecule has 3 nitrogen and oxygen atoms in total. The molecule has 0 aromatic heterocycles. The highest BCUT2D eigenvalue weighted by Crippen LogP contribution is 2.32. The van der Waals surface area contributed by atoms with Gasteiger partial charge in [0.05, 0.1) is 11.6 Å². The summed E-state index contributed by atoms with van der Waals surface area (Å²) in [6.07, 6.45) is 1.10. The summed E-state index contributed by atoms with van der Waals surface area (Å²) in [5.41, 5.74) is 1.00. The maximum Gasteiger partial charge on any atom is 0.142 e. The van der Waals surface area contributed by atoms with Crippen LogP contribution in [0.3, 0.4) is 0 Å². The molecule has 0 spiro atoms. The molecular weight excluding hydrogens is 354 g/mol. The topological polar surface area (TPSA) is 24.5 Å². The molecule has 0 amide bonds. The van der Waals surface area contributed by atoms with Crippen LogP contribution in [0.15, 0.2) is 12.1 Å². The summed E-state index contributed by atoms with van der Waals surface area (Å²) in [5.74, 6) is 0.730. The van der Waals surface area contributed by atoms with Crippen LogP contribution in [0.4, 0.5) is 0 Å². The van der Waals surface area contributed by atoms with Crippen LogP contribution < -0.4 is 10.1 Å². The first kappa shape index (κ1) is 23.4. The predicted molar refractivity (Wildman–Crippen MR) is 97.0 cm³/mol. The Kier molecular flexibility index (Phi) is 14.0. The maximum atomic E-state index is 6.15. The zero-order valence-electron chi connectivity index (χ0n) is 12.6. The molecule has 0 aliphatic carbocycles. The van der Waals surface area contributed by atoms with E-state index in [0.717, 1.165) is 30.8 Å². The van der Waals surface area contributed by atoms with E-state index in [9.17, 15) is 0 Å². The number of ether oxygens (including phenoxy) is 1. The lowest BCUT2D eigenvalue weighted by Gasteiger charge is -2.14. The molecule has 1 N–H and O–H groups in total. The first-order valence-electron chi connectivity index (χ1n) is 6.50. The molecule has 0 fully saturated rings. The van der Waals surface area contributed by atoms with Crippen LogP contribution in [-0.2, 0) is 6.54 Å². The van der Waals surface area contributed by atoms with E-state index in [1.54, 1.807) is 6.07 Å². The molecule has 0 saturated heterocycles. The molecule has 1 rings (SSSR count). The number of halogens is 4. The van der Waals surface area contributed by atoms with Crippen molar-refractivity contribution in [2.45, 2.75) is 19.9 Å². The minimum Gasteiger partial charge on any atom is -0.492 e. The van der Waals surface area contributed by atoms with Crippen LogP contribution in [0, 0.1) is 0 Å². The monoisotopic (exact) mass is 376 g/mol. The zero-order chi connectivity index (χ0) is 14.3. The number of rotatable bonds is 8. The molecule has 1 aromatic rings. The zero-order valence-corrected chi connectivity index (χ0v) is 15.8. The smallest absolute Gasteiger partial charge is 0.142 e. The molecule has 7 heteroatoms. The first-order valence-corrected chi connectivity index (χ1v) is 7.26. The van der Waals surface area contributed by atoms with Crippen molar-refractivity contribution in [3.05, 3.63) is 27.7 Å². The fourth-order valence-electron chi connectivity index (χ4n) is 1.79. The van der Waals surface area contributed by atoms with E-state index >= 15 is 0 Å². The van der Waals surface area contributed by atoms with Crippen LogP contribution in [0.25, 0.3) is 0 Å².